The van der Waals surface area contributed by atoms with Crippen LogP contribution >= 0.6 is 0 Å². The van der Waals surface area contributed by atoms with Crippen LogP contribution in [-0.2, 0) is 14.8 Å². The molecular formula is C14H22N2O4S. The van der Waals surface area contributed by atoms with Gasteiger partial charge >= 0.3 is 6.09 Å². The molecule has 1 aromatic rings. The van der Waals surface area contributed by atoms with Crippen molar-refractivity contribution in [1.29, 1.82) is 0 Å². The zero-order valence-electron chi connectivity index (χ0n) is 12.8. The van der Waals surface area contributed by atoms with Gasteiger partial charge in [0.05, 0.1) is 25.1 Å². The number of hydrogen-bond donors (Lipinski definition) is 1. The molecule has 1 aromatic carbocycles. The van der Waals surface area contributed by atoms with E-state index in [4.69, 9.17) is 4.74 Å². The van der Waals surface area contributed by atoms with Crippen LogP contribution in [0.1, 0.15) is 18.1 Å². The molecular weight excluding hydrogens is 292 g/mol. The second kappa shape index (κ2) is 7.31. The molecule has 0 aromatic heterocycles. The molecule has 0 aliphatic heterocycles. The van der Waals surface area contributed by atoms with Gasteiger partial charge in [-0.3, -0.25) is 4.31 Å². The van der Waals surface area contributed by atoms with E-state index in [0.29, 0.717) is 5.69 Å². The minimum atomic E-state index is -3.42. The monoisotopic (exact) mass is 314 g/mol. The first-order valence-electron chi connectivity index (χ1n) is 6.71. The summed E-state index contributed by atoms with van der Waals surface area (Å²) in [7, 11) is -3.42. The molecule has 0 fully saturated rings. The molecule has 7 heteroatoms. The number of anilines is 1. The summed E-state index contributed by atoms with van der Waals surface area (Å²) in [5.41, 5.74) is 2.70. The Morgan fingerprint density at radius 1 is 1.29 bits per heavy atom. The molecule has 0 radical (unpaired) electrons. The Kier molecular flexibility index (Phi) is 6.02. The number of amides is 1. The second-order valence-corrected chi connectivity index (χ2v) is 6.66. The first-order valence-corrected chi connectivity index (χ1v) is 8.56. The van der Waals surface area contributed by atoms with Crippen molar-refractivity contribution in [3.8, 4) is 0 Å². The number of nitrogens with one attached hydrogen (secondary N) is 1. The van der Waals surface area contributed by atoms with Gasteiger partial charge in [-0.15, -0.1) is 0 Å². The maximum atomic E-state index is 11.9. The maximum absolute atomic E-state index is 11.9. The van der Waals surface area contributed by atoms with Crippen LogP contribution in [0.2, 0.25) is 0 Å². The number of hydrogen-bond acceptors (Lipinski definition) is 4. The van der Waals surface area contributed by atoms with Gasteiger partial charge in [-0.25, -0.2) is 13.2 Å². The number of ether oxygens (including phenoxy) is 1. The highest BCUT2D eigenvalue weighted by Crippen LogP contribution is 2.20. The zero-order valence-corrected chi connectivity index (χ0v) is 13.7. The number of alkyl carbamates (subject to hydrolysis) is 1. The van der Waals surface area contributed by atoms with Crippen LogP contribution < -0.4 is 9.62 Å². The molecule has 0 heterocycles. The molecule has 21 heavy (non-hydrogen) atoms. The number of aryl methyl sites for hydroxylation is 2. The van der Waals surface area contributed by atoms with Gasteiger partial charge in [0.2, 0.25) is 10.0 Å². The zero-order chi connectivity index (χ0) is 16.0. The number of benzene rings is 1. The van der Waals surface area contributed by atoms with Gasteiger partial charge in [-0.05, 0) is 44.0 Å². The Morgan fingerprint density at radius 2 is 1.95 bits per heavy atom. The molecule has 118 valence electrons. The highest BCUT2D eigenvalue weighted by molar-refractivity contribution is 7.92. The predicted octanol–water partition coefficient (Wildman–Crippen LogP) is 1.82. The standard InChI is InChI=1S/C14H22N2O4S/c1-5-20-14(17)15-8-9-16(21(4,18)19)13-7-6-11(2)12(3)10-13/h6-7,10H,5,8-9H2,1-4H3,(H,15,17). The molecule has 0 bridgehead atoms. The van der Waals surface area contributed by atoms with Gasteiger partial charge in [0.1, 0.15) is 0 Å². The lowest BCUT2D eigenvalue weighted by Crippen LogP contribution is -2.38. The lowest BCUT2D eigenvalue weighted by molar-refractivity contribution is 0.152. The summed E-state index contributed by atoms with van der Waals surface area (Å²) in [6.07, 6.45) is 0.595. The highest BCUT2D eigenvalue weighted by Gasteiger charge is 2.17. The van der Waals surface area contributed by atoms with Crippen LogP contribution in [0.3, 0.4) is 0 Å². The number of carbonyl (C=O) groups excluding carboxylic acids is 1. The van der Waals surface area contributed by atoms with E-state index in [9.17, 15) is 13.2 Å². The fourth-order valence-corrected chi connectivity index (χ4v) is 2.73. The molecule has 0 saturated carbocycles. The Hall–Kier alpha value is -1.76. The van der Waals surface area contributed by atoms with Gasteiger partial charge in [0.15, 0.2) is 0 Å². The topological polar surface area (TPSA) is 75.7 Å². The molecule has 0 saturated heterocycles. The summed E-state index contributed by atoms with van der Waals surface area (Å²) in [6.45, 7) is 6.21. The van der Waals surface area contributed by atoms with Crippen LogP contribution in [0.15, 0.2) is 18.2 Å². The van der Waals surface area contributed by atoms with E-state index in [1.165, 1.54) is 4.31 Å². The molecule has 0 unspecified atom stereocenters. The second-order valence-electron chi connectivity index (χ2n) is 4.75. The van der Waals surface area contributed by atoms with Crippen molar-refractivity contribution in [1.82, 2.24) is 5.32 Å². The van der Waals surface area contributed by atoms with Crippen molar-refractivity contribution in [3.05, 3.63) is 29.3 Å². The van der Waals surface area contributed by atoms with Crippen LogP contribution in [0.4, 0.5) is 10.5 Å². The van der Waals surface area contributed by atoms with Gasteiger partial charge in [0, 0.05) is 6.54 Å². The van der Waals surface area contributed by atoms with E-state index in [0.717, 1.165) is 17.4 Å². The predicted molar refractivity (Wildman–Crippen MR) is 83.1 cm³/mol. The molecule has 0 spiro atoms. The van der Waals surface area contributed by atoms with Gasteiger partial charge in [-0.1, -0.05) is 6.07 Å². The number of carbonyl (C=O) groups is 1. The van der Waals surface area contributed by atoms with E-state index in [-0.39, 0.29) is 19.7 Å². The third-order valence-corrected chi connectivity index (χ3v) is 4.23. The number of rotatable bonds is 6. The summed E-state index contributed by atoms with van der Waals surface area (Å²) in [6, 6.07) is 5.45. The summed E-state index contributed by atoms with van der Waals surface area (Å²) >= 11 is 0. The molecule has 0 aliphatic rings. The summed E-state index contributed by atoms with van der Waals surface area (Å²) in [4.78, 5) is 11.2. The fraction of sp³-hybridized carbons (Fsp3) is 0.500. The smallest absolute Gasteiger partial charge is 0.407 e. The van der Waals surface area contributed by atoms with Crippen LogP contribution in [0, 0.1) is 13.8 Å². The van der Waals surface area contributed by atoms with Gasteiger partial charge < -0.3 is 10.1 Å². The Balaban J connectivity index is 2.82. The summed E-state index contributed by atoms with van der Waals surface area (Å²) < 4.78 is 29.8. The van der Waals surface area contributed by atoms with Gasteiger partial charge in [-0.2, -0.15) is 0 Å². The molecule has 1 amide bonds. The SMILES string of the molecule is CCOC(=O)NCCN(c1ccc(C)c(C)c1)S(C)(=O)=O. The largest absolute Gasteiger partial charge is 0.450 e. The van der Waals surface area contributed by atoms with Crippen molar-refractivity contribution in [2.75, 3.05) is 30.3 Å². The fourth-order valence-electron chi connectivity index (χ4n) is 1.81. The van der Waals surface area contributed by atoms with Crippen LogP contribution in [0.5, 0.6) is 0 Å². The first kappa shape index (κ1) is 17.3. The number of sulfonamides is 1. The van der Waals surface area contributed by atoms with Crippen molar-refractivity contribution >= 4 is 21.8 Å². The van der Waals surface area contributed by atoms with Gasteiger partial charge in [0.25, 0.3) is 0 Å². The minimum Gasteiger partial charge on any atom is -0.450 e. The molecule has 1 N–H and O–H groups in total. The average molecular weight is 314 g/mol. The third kappa shape index (κ3) is 5.26. The summed E-state index contributed by atoms with van der Waals surface area (Å²) in [5.74, 6) is 0. The molecule has 0 aliphatic carbocycles. The molecule has 6 nitrogen and oxygen atoms in total. The van der Waals surface area contributed by atoms with E-state index < -0.39 is 16.1 Å². The van der Waals surface area contributed by atoms with E-state index in [1.54, 1.807) is 13.0 Å². The average Bonchev–Trinajstić information content (AvgIpc) is 2.37. The van der Waals surface area contributed by atoms with Crippen molar-refractivity contribution in [3.63, 3.8) is 0 Å². The van der Waals surface area contributed by atoms with Crippen molar-refractivity contribution < 1.29 is 17.9 Å². The highest BCUT2D eigenvalue weighted by atomic mass is 32.2. The molecule has 1 rings (SSSR count). The molecule has 0 atom stereocenters. The van der Waals surface area contributed by atoms with Crippen LogP contribution in [0.25, 0.3) is 0 Å². The first-order chi connectivity index (χ1) is 9.75. The third-order valence-electron chi connectivity index (χ3n) is 3.04. The van der Waals surface area contributed by atoms with Crippen molar-refractivity contribution in [2.45, 2.75) is 20.8 Å². The Morgan fingerprint density at radius 3 is 2.48 bits per heavy atom. The van der Waals surface area contributed by atoms with Crippen molar-refractivity contribution in [2.24, 2.45) is 0 Å². The maximum Gasteiger partial charge on any atom is 0.407 e. The minimum absolute atomic E-state index is 0.153. The normalized spacial score (nSPS) is 11.0. The summed E-state index contributed by atoms with van der Waals surface area (Å²) in [5, 5.41) is 2.51. The lowest BCUT2D eigenvalue weighted by atomic mass is 10.1. The Labute approximate surface area is 126 Å². The van der Waals surface area contributed by atoms with E-state index in [1.807, 2.05) is 26.0 Å². The van der Waals surface area contributed by atoms with E-state index in [2.05, 4.69) is 5.32 Å². The quantitative estimate of drug-likeness (QED) is 0.869. The van der Waals surface area contributed by atoms with E-state index >= 15 is 0 Å². The number of nitrogens with zero attached hydrogens (tertiary/aromatic N) is 1. The Bertz CT molecular complexity index is 599. The van der Waals surface area contributed by atoms with Crippen LogP contribution in [-0.4, -0.2) is 40.5 Å². The lowest BCUT2D eigenvalue weighted by Gasteiger charge is -2.23.